The van der Waals surface area contributed by atoms with Gasteiger partial charge in [0.05, 0.1) is 12.0 Å². The number of carbonyl (C=O) groups is 1. The summed E-state index contributed by atoms with van der Waals surface area (Å²) in [4.78, 5) is 20.2. The Morgan fingerprint density at radius 1 is 1.42 bits per heavy atom. The number of imidazole rings is 1. The lowest BCUT2D eigenvalue weighted by atomic mass is 9.76. The van der Waals surface area contributed by atoms with Crippen LogP contribution in [0, 0.1) is 11.3 Å². The largest absolute Gasteiger partial charge is 0.480 e. The highest BCUT2D eigenvalue weighted by Crippen LogP contribution is 2.43. The Morgan fingerprint density at radius 2 is 2.12 bits per heavy atom. The van der Waals surface area contributed by atoms with Gasteiger partial charge in [-0.2, -0.15) is 0 Å². The van der Waals surface area contributed by atoms with Crippen molar-refractivity contribution >= 4 is 5.97 Å². The Morgan fingerprint density at radius 3 is 2.71 bits per heavy atom. The maximum absolute atomic E-state index is 11.4. The second-order valence-corrected chi connectivity index (χ2v) is 8.18. The van der Waals surface area contributed by atoms with Gasteiger partial charge in [-0.3, -0.25) is 14.6 Å². The summed E-state index contributed by atoms with van der Waals surface area (Å²) < 4.78 is 2.26. The molecule has 0 aromatic carbocycles. The Bertz CT molecular complexity index is 575. The molecule has 1 unspecified atom stereocenters. The molecule has 24 heavy (non-hydrogen) atoms. The minimum Gasteiger partial charge on any atom is -0.480 e. The molecule has 2 aliphatic heterocycles. The second-order valence-electron chi connectivity index (χ2n) is 8.18. The molecule has 2 saturated heterocycles. The number of hydrogen-bond acceptors (Lipinski definition) is 4. The van der Waals surface area contributed by atoms with Gasteiger partial charge in [0, 0.05) is 25.8 Å². The van der Waals surface area contributed by atoms with Crippen molar-refractivity contribution in [2.75, 3.05) is 26.7 Å². The van der Waals surface area contributed by atoms with E-state index in [1.54, 1.807) is 0 Å². The maximum atomic E-state index is 11.4. The van der Waals surface area contributed by atoms with E-state index in [2.05, 4.69) is 28.3 Å². The molecular formula is C18H30N4O2. The van der Waals surface area contributed by atoms with Crippen LogP contribution in [0.4, 0.5) is 0 Å². The molecule has 3 rings (SSSR count). The topological polar surface area (TPSA) is 61.6 Å². The predicted octanol–water partition coefficient (Wildman–Crippen LogP) is 1.91. The van der Waals surface area contributed by atoms with E-state index < -0.39 is 5.97 Å². The lowest BCUT2D eigenvalue weighted by Gasteiger charge is -2.39. The van der Waals surface area contributed by atoms with Crippen LogP contribution < -0.4 is 0 Å². The van der Waals surface area contributed by atoms with Crippen molar-refractivity contribution in [1.82, 2.24) is 19.4 Å². The number of carboxylic acids is 1. The number of rotatable bonds is 5. The van der Waals surface area contributed by atoms with Crippen LogP contribution >= 0.6 is 0 Å². The van der Waals surface area contributed by atoms with Gasteiger partial charge in [-0.1, -0.05) is 13.8 Å². The van der Waals surface area contributed by atoms with E-state index in [9.17, 15) is 9.90 Å². The molecule has 1 atom stereocenters. The van der Waals surface area contributed by atoms with E-state index >= 15 is 0 Å². The molecule has 2 aliphatic rings. The van der Waals surface area contributed by atoms with Gasteiger partial charge < -0.3 is 9.67 Å². The summed E-state index contributed by atoms with van der Waals surface area (Å²) in [7, 11) is 1.95. The zero-order chi connectivity index (χ0) is 17.3. The zero-order valence-corrected chi connectivity index (χ0v) is 15.1. The smallest absolute Gasteiger partial charge is 0.320 e. The summed E-state index contributed by atoms with van der Waals surface area (Å²) in [5.74, 6) is -0.0565. The second kappa shape index (κ2) is 6.84. The molecule has 1 N–H and O–H groups in total. The van der Waals surface area contributed by atoms with Crippen LogP contribution in [-0.4, -0.2) is 63.2 Å². The minimum absolute atomic E-state index is 0.201. The number of aromatic nitrogens is 2. The first-order valence-corrected chi connectivity index (χ1v) is 9.03. The Hall–Kier alpha value is -1.40. The molecule has 134 valence electrons. The summed E-state index contributed by atoms with van der Waals surface area (Å²) in [5, 5.41) is 9.36. The Labute approximate surface area is 144 Å². The van der Waals surface area contributed by atoms with Crippen molar-refractivity contribution in [3.63, 3.8) is 0 Å². The molecule has 0 saturated carbocycles. The van der Waals surface area contributed by atoms with Gasteiger partial charge in [0.1, 0.15) is 6.04 Å². The van der Waals surface area contributed by atoms with Crippen LogP contribution in [0.2, 0.25) is 0 Å². The van der Waals surface area contributed by atoms with Crippen molar-refractivity contribution < 1.29 is 9.90 Å². The highest BCUT2D eigenvalue weighted by molar-refractivity contribution is 5.74. The van der Waals surface area contributed by atoms with Crippen molar-refractivity contribution in [2.45, 2.75) is 52.2 Å². The third-order valence-electron chi connectivity index (χ3n) is 5.69. The van der Waals surface area contributed by atoms with Gasteiger partial charge in [-0.15, -0.1) is 0 Å². The molecular weight excluding hydrogens is 304 g/mol. The molecule has 6 nitrogen and oxygen atoms in total. The number of piperidine rings is 1. The normalized spacial score (nSPS) is 24.9. The van der Waals surface area contributed by atoms with Crippen molar-refractivity contribution in [3.8, 4) is 0 Å². The fourth-order valence-electron chi connectivity index (χ4n) is 4.36. The number of likely N-dealkylation sites (tertiary alicyclic amines) is 2. The molecule has 6 heteroatoms. The zero-order valence-electron chi connectivity index (χ0n) is 15.1. The van der Waals surface area contributed by atoms with E-state index in [-0.39, 0.29) is 11.5 Å². The van der Waals surface area contributed by atoms with Crippen LogP contribution in [-0.2, 0) is 17.9 Å². The van der Waals surface area contributed by atoms with Gasteiger partial charge in [0.2, 0.25) is 0 Å². The molecule has 1 aromatic heterocycles. The number of hydrogen-bond donors (Lipinski definition) is 1. The van der Waals surface area contributed by atoms with E-state index in [4.69, 9.17) is 0 Å². The summed E-state index contributed by atoms with van der Waals surface area (Å²) in [6, 6.07) is -0.302. The maximum Gasteiger partial charge on any atom is 0.320 e. The molecule has 0 bridgehead atoms. The average molecular weight is 334 g/mol. The van der Waals surface area contributed by atoms with Crippen molar-refractivity contribution in [3.05, 3.63) is 18.2 Å². The van der Waals surface area contributed by atoms with E-state index in [0.717, 1.165) is 52.0 Å². The van der Waals surface area contributed by atoms with E-state index in [1.165, 1.54) is 5.69 Å². The SMILES string of the molecule is CC(C)Cn1cncc1CN1CCC2(CC1)CC(C(=O)O)N(C)C2. The molecule has 0 amide bonds. The van der Waals surface area contributed by atoms with Crippen molar-refractivity contribution in [2.24, 2.45) is 11.3 Å². The van der Waals surface area contributed by atoms with Crippen molar-refractivity contribution in [1.29, 1.82) is 0 Å². The molecule has 2 fully saturated rings. The quantitative estimate of drug-likeness (QED) is 0.891. The first-order valence-electron chi connectivity index (χ1n) is 9.03. The molecule has 0 radical (unpaired) electrons. The number of carboxylic acid groups (broad SMARTS) is 1. The summed E-state index contributed by atoms with van der Waals surface area (Å²) >= 11 is 0. The monoisotopic (exact) mass is 334 g/mol. The summed E-state index contributed by atoms with van der Waals surface area (Å²) in [5.41, 5.74) is 1.48. The molecule has 3 heterocycles. The number of likely N-dealkylation sites (N-methyl/N-ethyl adjacent to an activating group) is 1. The van der Waals surface area contributed by atoms with Gasteiger partial charge in [-0.05, 0) is 50.7 Å². The molecule has 1 aromatic rings. The van der Waals surface area contributed by atoms with Gasteiger partial charge >= 0.3 is 5.97 Å². The Balaban J connectivity index is 1.56. The van der Waals surface area contributed by atoms with E-state index in [1.807, 2.05) is 24.5 Å². The van der Waals surface area contributed by atoms with Gasteiger partial charge in [-0.25, -0.2) is 4.98 Å². The fourth-order valence-corrected chi connectivity index (χ4v) is 4.36. The minimum atomic E-state index is -0.672. The van der Waals surface area contributed by atoms with Crippen LogP contribution in [0.25, 0.3) is 0 Å². The lowest BCUT2D eigenvalue weighted by Crippen LogP contribution is -2.41. The van der Waals surface area contributed by atoms with E-state index in [0.29, 0.717) is 5.92 Å². The first kappa shape index (κ1) is 17.4. The van der Waals surface area contributed by atoms with Crippen LogP contribution in [0.1, 0.15) is 38.8 Å². The fraction of sp³-hybridized carbons (Fsp3) is 0.778. The third-order valence-corrected chi connectivity index (χ3v) is 5.69. The average Bonchev–Trinajstić information content (AvgIpc) is 3.06. The molecule has 1 spiro atoms. The predicted molar refractivity (Wildman–Crippen MR) is 92.7 cm³/mol. The third kappa shape index (κ3) is 3.64. The summed E-state index contributed by atoms with van der Waals surface area (Å²) in [6.45, 7) is 9.43. The number of aliphatic carboxylic acids is 1. The van der Waals surface area contributed by atoms with Crippen LogP contribution in [0.5, 0.6) is 0 Å². The summed E-state index contributed by atoms with van der Waals surface area (Å²) in [6.07, 6.45) is 6.91. The standard InChI is InChI=1S/C18H30N4O2/c1-14(2)10-22-13-19-9-15(22)11-21-6-4-18(5-7-21)8-16(17(23)24)20(3)12-18/h9,13-14,16H,4-8,10-12H2,1-3H3,(H,23,24). The highest BCUT2D eigenvalue weighted by atomic mass is 16.4. The van der Waals surface area contributed by atoms with Crippen LogP contribution in [0.15, 0.2) is 12.5 Å². The highest BCUT2D eigenvalue weighted by Gasteiger charge is 2.46. The lowest BCUT2D eigenvalue weighted by molar-refractivity contribution is -0.141. The Kier molecular flexibility index (Phi) is 4.97. The van der Waals surface area contributed by atoms with Gasteiger partial charge in [0.25, 0.3) is 0 Å². The van der Waals surface area contributed by atoms with Gasteiger partial charge in [0.15, 0.2) is 0 Å². The first-order chi connectivity index (χ1) is 11.4. The molecule has 0 aliphatic carbocycles. The van der Waals surface area contributed by atoms with Crippen LogP contribution in [0.3, 0.4) is 0 Å². The number of nitrogens with zero attached hydrogens (tertiary/aromatic N) is 4.